The van der Waals surface area contributed by atoms with Crippen molar-refractivity contribution in [1.82, 2.24) is 24.7 Å². The van der Waals surface area contributed by atoms with E-state index in [1.165, 1.54) is 0 Å². The minimum Gasteiger partial charge on any atom is -0.332 e. The van der Waals surface area contributed by atoms with Crippen molar-refractivity contribution in [1.29, 1.82) is 0 Å². The monoisotopic (exact) mass is 422 g/mol. The summed E-state index contributed by atoms with van der Waals surface area (Å²) in [7, 11) is 0. The number of amides is 2. The first-order chi connectivity index (χ1) is 14.8. The standard InChI is InChI=1S/C22H20F2N6O/c1-14-10-26-20(27-11-14)16-6-7-30-18(12-25-19(30)9-16)15-4-3-5-17(8-15)29-21(31)28-13-22(2,23)24/h3-12H,13H2,1-2H3,(H2,28,29,31). The van der Waals surface area contributed by atoms with Gasteiger partial charge in [-0.2, -0.15) is 0 Å². The predicted octanol–water partition coefficient (Wildman–Crippen LogP) is 4.54. The lowest BCUT2D eigenvalue weighted by atomic mass is 10.1. The minimum atomic E-state index is -2.97. The summed E-state index contributed by atoms with van der Waals surface area (Å²) < 4.78 is 27.7. The highest BCUT2D eigenvalue weighted by Gasteiger charge is 2.21. The van der Waals surface area contributed by atoms with Crippen LogP contribution in [0, 0.1) is 6.92 Å². The van der Waals surface area contributed by atoms with Crippen LogP contribution in [0.3, 0.4) is 0 Å². The number of hydrogen-bond acceptors (Lipinski definition) is 4. The van der Waals surface area contributed by atoms with Gasteiger partial charge in [0.05, 0.1) is 18.4 Å². The van der Waals surface area contributed by atoms with E-state index in [1.807, 2.05) is 35.7 Å². The quantitative estimate of drug-likeness (QED) is 0.494. The zero-order valence-electron chi connectivity index (χ0n) is 16.9. The van der Waals surface area contributed by atoms with E-state index in [1.54, 1.807) is 36.8 Å². The Labute approximate surface area is 177 Å². The van der Waals surface area contributed by atoms with Crippen molar-refractivity contribution in [3.8, 4) is 22.6 Å². The van der Waals surface area contributed by atoms with Crippen molar-refractivity contribution in [3.63, 3.8) is 0 Å². The van der Waals surface area contributed by atoms with Crippen LogP contribution in [0.2, 0.25) is 0 Å². The zero-order valence-corrected chi connectivity index (χ0v) is 16.9. The molecule has 3 heterocycles. The maximum Gasteiger partial charge on any atom is 0.319 e. The Kier molecular flexibility index (Phi) is 5.33. The van der Waals surface area contributed by atoms with Gasteiger partial charge in [-0.25, -0.2) is 28.5 Å². The largest absolute Gasteiger partial charge is 0.332 e. The van der Waals surface area contributed by atoms with Crippen LogP contribution in [0.25, 0.3) is 28.3 Å². The van der Waals surface area contributed by atoms with Gasteiger partial charge in [-0.15, -0.1) is 0 Å². The summed E-state index contributed by atoms with van der Waals surface area (Å²) in [5, 5.41) is 4.72. The molecule has 158 valence electrons. The molecule has 0 radical (unpaired) electrons. The Morgan fingerprint density at radius 2 is 1.84 bits per heavy atom. The molecule has 4 aromatic rings. The first-order valence-corrected chi connectivity index (χ1v) is 9.58. The molecule has 0 spiro atoms. The molecule has 3 aromatic heterocycles. The van der Waals surface area contributed by atoms with Gasteiger partial charge in [0, 0.05) is 42.3 Å². The summed E-state index contributed by atoms with van der Waals surface area (Å²) >= 11 is 0. The summed E-state index contributed by atoms with van der Waals surface area (Å²) in [6.45, 7) is 1.94. The van der Waals surface area contributed by atoms with Gasteiger partial charge in [0.1, 0.15) is 5.65 Å². The average molecular weight is 422 g/mol. The van der Waals surface area contributed by atoms with Crippen LogP contribution in [0.15, 0.2) is 61.2 Å². The number of nitrogens with one attached hydrogen (secondary N) is 2. The number of carbonyl (C=O) groups excluding carboxylic acids is 1. The van der Waals surface area contributed by atoms with Gasteiger partial charge >= 0.3 is 6.03 Å². The smallest absolute Gasteiger partial charge is 0.319 e. The number of hydrogen-bond donors (Lipinski definition) is 2. The highest BCUT2D eigenvalue weighted by Crippen LogP contribution is 2.26. The molecule has 4 rings (SSSR count). The van der Waals surface area contributed by atoms with Crippen LogP contribution in [-0.4, -0.2) is 37.9 Å². The number of alkyl halides is 2. The number of pyridine rings is 1. The SMILES string of the molecule is Cc1cnc(-c2ccn3c(-c4cccc(NC(=O)NCC(C)(F)F)c4)cnc3c2)nc1. The predicted molar refractivity (Wildman–Crippen MR) is 114 cm³/mol. The molecular weight excluding hydrogens is 402 g/mol. The molecule has 0 saturated heterocycles. The van der Waals surface area contributed by atoms with Gasteiger partial charge < -0.3 is 10.6 Å². The van der Waals surface area contributed by atoms with E-state index in [9.17, 15) is 13.6 Å². The second-order valence-corrected chi connectivity index (χ2v) is 7.33. The van der Waals surface area contributed by atoms with Crippen molar-refractivity contribution < 1.29 is 13.6 Å². The van der Waals surface area contributed by atoms with Crippen LogP contribution in [-0.2, 0) is 0 Å². The summed E-state index contributed by atoms with van der Waals surface area (Å²) in [6, 6.07) is 10.2. The van der Waals surface area contributed by atoms with Crippen LogP contribution in [0.1, 0.15) is 12.5 Å². The van der Waals surface area contributed by atoms with E-state index in [0.717, 1.165) is 35.0 Å². The van der Waals surface area contributed by atoms with Crippen LogP contribution in [0.4, 0.5) is 19.3 Å². The third kappa shape index (κ3) is 4.82. The first-order valence-electron chi connectivity index (χ1n) is 9.58. The maximum atomic E-state index is 12.9. The Hall–Kier alpha value is -3.88. The number of halogens is 2. The van der Waals surface area contributed by atoms with Gasteiger partial charge in [-0.3, -0.25) is 4.40 Å². The number of carbonyl (C=O) groups is 1. The Bertz CT molecular complexity index is 1230. The fourth-order valence-electron chi connectivity index (χ4n) is 3.04. The first kappa shape index (κ1) is 20.4. The van der Waals surface area contributed by atoms with Crippen molar-refractivity contribution in [3.05, 3.63) is 66.7 Å². The molecule has 1 aromatic carbocycles. The van der Waals surface area contributed by atoms with Crippen LogP contribution in [0.5, 0.6) is 0 Å². The maximum absolute atomic E-state index is 12.9. The van der Waals surface area contributed by atoms with Gasteiger partial charge in [0.15, 0.2) is 5.82 Å². The molecule has 9 heteroatoms. The minimum absolute atomic E-state index is 0.481. The molecule has 0 aliphatic heterocycles. The molecule has 2 amide bonds. The number of aromatic nitrogens is 4. The number of urea groups is 1. The van der Waals surface area contributed by atoms with E-state index in [2.05, 4.69) is 25.6 Å². The van der Waals surface area contributed by atoms with Gasteiger partial charge in [0.25, 0.3) is 5.92 Å². The summed E-state index contributed by atoms with van der Waals surface area (Å²) in [5.41, 5.74) is 4.66. The molecule has 0 unspecified atom stereocenters. The van der Waals surface area contributed by atoms with Gasteiger partial charge in [0.2, 0.25) is 0 Å². The number of nitrogens with zero attached hydrogens (tertiary/aromatic N) is 4. The fraction of sp³-hybridized carbons (Fsp3) is 0.182. The van der Waals surface area contributed by atoms with E-state index in [0.29, 0.717) is 11.5 Å². The molecule has 0 aliphatic rings. The van der Waals surface area contributed by atoms with E-state index >= 15 is 0 Å². The summed E-state index contributed by atoms with van der Waals surface area (Å²) in [5.74, 6) is -2.36. The van der Waals surface area contributed by atoms with Gasteiger partial charge in [-0.1, -0.05) is 12.1 Å². The van der Waals surface area contributed by atoms with Crippen molar-refractivity contribution in [2.75, 3.05) is 11.9 Å². The normalized spacial score (nSPS) is 11.5. The molecule has 7 nitrogen and oxygen atoms in total. The molecule has 0 fully saturated rings. The molecular formula is C22H20F2N6O. The summed E-state index contributed by atoms with van der Waals surface area (Å²) in [4.78, 5) is 25.0. The zero-order chi connectivity index (χ0) is 22.0. The third-order valence-corrected chi connectivity index (χ3v) is 4.53. The number of anilines is 1. The lowest BCUT2D eigenvalue weighted by Gasteiger charge is -2.12. The van der Waals surface area contributed by atoms with Crippen molar-refractivity contribution in [2.45, 2.75) is 19.8 Å². The number of aryl methyl sites for hydroxylation is 1. The third-order valence-electron chi connectivity index (χ3n) is 4.53. The van der Waals surface area contributed by atoms with Crippen molar-refractivity contribution in [2.24, 2.45) is 0 Å². The Balaban J connectivity index is 1.57. The average Bonchev–Trinajstić information content (AvgIpc) is 3.16. The highest BCUT2D eigenvalue weighted by atomic mass is 19.3. The number of benzene rings is 1. The number of fused-ring (bicyclic) bond motifs is 1. The molecule has 31 heavy (non-hydrogen) atoms. The lowest BCUT2D eigenvalue weighted by molar-refractivity contribution is 0.0257. The fourth-order valence-corrected chi connectivity index (χ4v) is 3.04. The molecule has 2 N–H and O–H groups in total. The Morgan fingerprint density at radius 3 is 2.58 bits per heavy atom. The molecule has 0 bridgehead atoms. The lowest BCUT2D eigenvalue weighted by Crippen LogP contribution is -2.37. The van der Waals surface area contributed by atoms with Crippen molar-refractivity contribution >= 4 is 17.4 Å². The number of imidazole rings is 1. The second kappa shape index (κ2) is 8.10. The highest BCUT2D eigenvalue weighted by molar-refractivity contribution is 5.90. The van der Waals surface area contributed by atoms with Gasteiger partial charge in [-0.05, 0) is 36.8 Å². The van der Waals surface area contributed by atoms with E-state index in [-0.39, 0.29) is 0 Å². The van der Waals surface area contributed by atoms with E-state index < -0.39 is 18.5 Å². The van der Waals surface area contributed by atoms with Crippen LogP contribution >= 0.6 is 0 Å². The Morgan fingerprint density at radius 1 is 1.06 bits per heavy atom. The molecule has 0 saturated carbocycles. The number of rotatable bonds is 5. The summed E-state index contributed by atoms with van der Waals surface area (Å²) in [6.07, 6.45) is 7.14. The van der Waals surface area contributed by atoms with E-state index in [4.69, 9.17) is 0 Å². The van der Waals surface area contributed by atoms with Crippen LogP contribution < -0.4 is 10.6 Å². The second-order valence-electron chi connectivity index (χ2n) is 7.33. The molecule has 0 aliphatic carbocycles. The molecule has 0 atom stereocenters. The topological polar surface area (TPSA) is 84.2 Å².